The summed E-state index contributed by atoms with van der Waals surface area (Å²) in [5, 5.41) is 0.970. The van der Waals surface area contributed by atoms with Crippen LogP contribution in [-0.2, 0) is 0 Å². The minimum atomic E-state index is -0.300. The Morgan fingerprint density at radius 2 is 1.75 bits per heavy atom. The van der Waals surface area contributed by atoms with Crippen LogP contribution in [0.1, 0.15) is 11.4 Å². The highest BCUT2D eigenvalue weighted by atomic mass is 35.5. The number of fused-ring (bicyclic) bond motifs is 1. The maximum absolute atomic E-state index is 13.2. The van der Waals surface area contributed by atoms with Gasteiger partial charge in [-0.25, -0.2) is 14.4 Å². The van der Waals surface area contributed by atoms with E-state index >= 15 is 0 Å². The molecule has 0 aliphatic rings. The Hall–Kier alpha value is -2.66. The van der Waals surface area contributed by atoms with Gasteiger partial charge < -0.3 is 9.47 Å². The topological polar surface area (TPSA) is 44.2 Å². The minimum Gasteiger partial charge on any atom is -0.493 e. The number of methoxy groups -OCH3 is 2. The van der Waals surface area contributed by atoms with Gasteiger partial charge in [0.05, 0.1) is 19.7 Å². The summed E-state index contributed by atoms with van der Waals surface area (Å²) in [7, 11) is 3.10. The number of hydrogen-bond acceptors (Lipinski definition) is 4. The lowest BCUT2D eigenvalue weighted by Gasteiger charge is -2.09. The lowest BCUT2D eigenvalue weighted by atomic mass is 10.2. The molecule has 0 radical (unpaired) electrons. The van der Waals surface area contributed by atoms with Crippen molar-refractivity contribution in [1.29, 1.82) is 0 Å². The van der Waals surface area contributed by atoms with Gasteiger partial charge in [0.1, 0.15) is 11.0 Å². The second-order valence-electron chi connectivity index (χ2n) is 4.99. The number of nitrogens with zero attached hydrogens (tertiary/aromatic N) is 2. The second kappa shape index (κ2) is 6.84. The molecular weight excluding hydrogens is 331 g/mol. The smallest absolute Gasteiger partial charge is 0.162 e. The Morgan fingerprint density at radius 3 is 2.46 bits per heavy atom. The van der Waals surface area contributed by atoms with Crippen molar-refractivity contribution in [2.45, 2.75) is 0 Å². The van der Waals surface area contributed by atoms with Crippen molar-refractivity contribution >= 4 is 34.7 Å². The van der Waals surface area contributed by atoms with E-state index in [9.17, 15) is 4.39 Å². The van der Waals surface area contributed by atoms with Gasteiger partial charge in [0.15, 0.2) is 17.3 Å². The predicted octanol–water partition coefficient (Wildman–Crippen LogP) is 4.61. The molecule has 4 nitrogen and oxygen atoms in total. The highest BCUT2D eigenvalue weighted by molar-refractivity contribution is 6.34. The van der Waals surface area contributed by atoms with Crippen LogP contribution in [0, 0.1) is 5.82 Å². The Bertz CT molecular complexity index is 928. The van der Waals surface area contributed by atoms with E-state index in [4.69, 9.17) is 21.1 Å². The molecule has 0 amide bonds. The summed E-state index contributed by atoms with van der Waals surface area (Å²) < 4.78 is 23.7. The largest absolute Gasteiger partial charge is 0.493 e. The van der Waals surface area contributed by atoms with Crippen LogP contribution in [0.4, 0.5) is 4.39 Å². The minimum absolute atomic E-state index is 0.300. The number of hydrogen-bond donors (Lipinski definition) is 0. The lowest BCUT2D eigenvalue weighted by Crippen LogP contribution is -1.95. The summed E-state index contributed by atoms with van der Waals surface area (Å²) in [5.41, 5.74) is 1.34. The van der Waals surface area contributed by atoms with Gasteiger partial charge >= 0.3 is 0 Å². The van der Waals surface area contributed by atoms with E-state index in [0.29, 0.717) is 38.9 Å². The number of benzene rings is 2. The summed E-state index contributed by atoms with van der Waals surface area (Å²) in [6.07, 6.45) is 3.40. The van der Waals surface area contributed by atoms with Gasteiger partial charge in [-0.1, -0.05) is 29.8 Å². The summed E-state index contributed by atoms with van der Waals surface area (Å²) in [5.74, 6) is 1.23. The number of halogens is 2. The lowest BCUT2D eigenvalue weighted by molar-refractivity contribution is 0.356. The van der Waals surface area contributed by atoms with Crippen molar-refractivity contribution in [1.82, 2.24) is 9.97 Å². The molecule has 1 aromatic heterocycles. The zero-order valence-corrected chi connectivity index (χ0v) is 13.8. The molecule has 0 aliphatic heterocycles. The molecule has 3 aromatic rings. The first-order chi connectivity index (χ1) is 11.6. The van der Waals surface area contributed by atoms with Crippen LogP contribution in [0.5, 0.6) is 11.5 Å². The Balaban J connectivity index is 2.03. The average molecular weight is 345 g/mol. The van der Waals surface area contributed by atoms with Crippen LogP contribution >= 0.6 is 11.6 Å². The van der Waals surface area contributed by atoms with E-state index in [1.165, 1.54) is 12.1 Å². The molecule has 24 heavy (non-hydrogen) atoms. The number of aromatic nitrogens is 2. The van der Waals surface area contributed by atoms with E-state index in [1.807, 2.05) is 0 Å². The van der Waals surface area contributed by atoms with Crippen LogP contribution in [0.25, 0.3) is 23.1 Å². The van der Waals surface area contributed by atoms with E-state index in [1.54, 1.807) is 50.6 Å². The molecule has 0 atom stereocenters. The summed E-state index contributed by atoms with van der Waals surface area (Å²) in [4.78, 5) is 8.69. The highest BCUT2D eigenvalue weighted by Crippen LogP contribution is 2.33. The van der Waals surface area contributed by atoms with Gasteiger partial charge in [0, 0.05) is 11.5 Å². The molecule has 0 N–H and O–H groups in total. The quantitative estimate of drug-likeness (QED) is 0.648. The SMILES string of the molecule is COc1cc2nc(/C=C/c3cccc(F)c3)nc(Cl)c2cc1OC. The number of rotatable bonds is 4. The third-order valence-corrected chi connectivity index (χ3v) is 3.73. The summed E-state index contributed by atoms with van der Waals surface area (Å²) in [6, 6.07) is 9.71. The molecule has 0 aliphatic carbocycles. The Kier molecular flexibility index (Phi) is 4.62. The summed E-state index contributed by atoms with van der Waals surface area (Å²) in [6.45, 7) is 0. The normalized spacial score (nSPS) is 11.2. The first-order valence-electron chi connectivity index (χ1n) is 7.13. The van der Waals surface area contributed by atoms with Crippen molar-refractivity contribution in [3.8, 4) is 11.5 Å². The predicted molar refractivity (Wildman–Crippen MR) is 93.0 cm³/mol. The van der Waals surface area contributed by atoms with Gasteiger partial charge in [0.2, 0.25) is 0 Å². The molecule has 6 heteroatoms. The van der Waals surface area contributed by atoms with Crippen molar-refractivity contribution < 1.29 is 13.9 Å². The zero-order chi connectivity index (χ0) is 17.1. The molecule has 122 valence electrons. The first kappa shape index (κ1) is 16.2. The molecule has 3 rings (SSSR count). The van der Waals surface area contributed by atoms with Gasteiger partial charge in [-0.05, 0) is 29.8 Å². The third kappa shape index (κ3) is 3.31. The standard InChI is InChI=1S/C18H14ClFN2O2/c1-23-15-9-13-14(10-16(15)24-2)21-17(22-18(13)19)7-6-11-4-3-5-12(20)8-11/h3-10H,1-2H3/b7-6+. The molecule has 0 fully saturated rings. The van der Waals surface area contributed by atoms with Crippen LogP contribution in [0.15, 0.2) is 36.4 Å². The van der Waals surface area contributed by atoms with Crippen LogP contribution in [0.2, 0.25) is 5.15 Å². The Morgan fingerprint density at radius 1 is 1.00 bits per heavy atom. The average Bonchev–Trinajstić information content (AvgIpc) is 2.59. The molecular formula is C18H14ClFN2O2. The maximum Gasteiger partial charge on any atom is 0.162 e. The van der Waals surface area contributed by atoms with E-state index in [0.717, 1.165) is 0 Å². The van der Waals surface area contributed by atoms with E-state index in [-0.39, 0.29) is 5.82 Å². The Labute approximate surface area is 143 Å². The first-order valence-corrected chi connectivity index (χ1v) is 7.51. The van der Waals surface area contributed by atoms with Crippen LogP contribution in [-0.4, -0.2) is 24.2 Å². The molecule has 0 bridgehead atoms. The molecule has 1 heterocycles. The van der Waals surface area contributed by atoms with Crippen LogP contribution in [0.3, 0.4) is 0 Å². The molecule has 0 spiro atoms. The molecule has 0 saturated heterocycles. The van der Waals surface area contributed by atoms with E-state index < -0.39 is 0 Å². The van der Waals surface area contributed by atoms with Crippen molar-refractivity contribution in [2.75, 3.05) is 14.2 Å². The molecule has 0 unspecified atom stereocenters. The molecule has 0 saturated carbocycles. The zero-order valence-electron chi connectivity index (χ0n) is 13.1. The van der Waals surface area contributed by atoms with Gasteiger partial charge in [0.25, 0.3) is 0 Å². The fraction of sp³-hybridized carbons (Fsp3) is 0.111. The van der Waals surface area contributed by atoms with Gasteiger partial charge in [-0.3, -0.25) is 0 Å². The summed E-state index contributed by atoms with van der Waals surface area (Å²) >= 11 is 6.25. The fourth-order valence-corrected chi connectivity index (χ4v) is 2.53. The highest BCUT2D eigenvalue weighted by Gasteiger charge is 2.11. The second-order valence-corrected chi connectivity index (χ2v) is 5.34. The monoisotopic (exact) mass is 344 g/mol. The number of ether oxygens (including phenoxy) is 2. The van der Waals surface area contributed by atoms with Gasteiger partial charge in [-0.2, -0.15) is 0 Å². The fourth-order valence-electron chi connectivity index (χ4n) is 2.29. The van der Waals surface area contributed by atoms with E-state index in [2.05, 4.69) is 9.97 Å². The maximum atomic E-state index is 13.2. The van der Waals surface area contributed by atoms with Crippen molar-refractivity contribution in [2.24, 2.45) is 0 Å². The van der Waals surface area contributed by atoms with Crippen molar-refractivity contribution in [3.63, 3.8) is 0 Å². The van der Waals surface area contributed by atoms with Gasteiger partial charge in [-0.15, -0.1) is 0 Å². The van der Waals surface area contributed by atoms with Crippen molar-refractivity contribution in [3.05, 3.63) is 58.8 Å². The molecule has 2 aromatic carbocycles. The third-order valence-electron chi connectivity index (χ3n) is 3.45. The van der Waals surface area contributed by atoms with Crippen LogP contribution < -0.4 is 9.47 Å².